The van der Waals surface area contributed by atoms with Gasteiger partial charge in [-0.1, -0.05) is 11.3 Å². The van der Waals surface area contributed by atoms with Gasteiger partial charge < -0.3 is 5.32 Å². The average molecular weight is 424 g/mol. The molecule has 0 radical (unpaired) electrons. The van der Waals surface area contributed by atoms with Gasteiger partial charge in [-0.15, -0.1) is 10.2 Å². The van der Waals surface area contributed by atoms with Crippen molar-refractivity contribution in [3.63, 3.8) is 0 Å². The second-order valence-electron chi connectivity index (χ2n) is 7.92. The summed E-state index contributed by atoms with van der Waals surface area (Å²) in [5.41, 5.74) is 0.839. The molecule has 0 spiro atoms. The fourth-order valence-electron chi connectivity index (χ4n) is 4.38. The fraction of sp³-hybridized carbons (Fsp3) is 0.421. The van der Waals surface area contributed by atoms with Crippen molar-refractivity contribution in [3.8, 4) is 0 Å². The first-order valence-corrected chi connectivity index (χ1v) is 10.0. The van der Waals surface area contributed by atoms with E-state index in [9.17, 15) is 19.2 Å². The third-order valence-electron chi connectivity index (χ3n) is 6.06. The van der Waals surface area contributed by atoms with Gasteiger partial charge in [0, 0.05) is 19.5 Å². The Balaban J connectivity index is 1.36. The highest BCUT2D eigenvalue weighted by molar-refractivity contribution is 6.23. The Kier molecular flexibility index (Phi) is 4.59. The van der Waals surface area contributed by atoms with E-state index in [2.05, 4.69) is 36.6 Å². The number of H-pyrrole nitrogens is 1. The molecular weight excluding hydrogens is 404 g/mol. The van der Waals surface area contributed by atoms with Crippen LogP contribution in [0.5, 0.6) is 0 Å². The van der Waals surface area contributed by atoms with E-state index in [-0.39, 0.29) is 24.0 Å². The molecule has 4 amide bonds. The zero-order valence-corrected chi connectivity index (χ0v) is 16.5. The van der Waals surface area contributed by atoms with E-state index >= 15 is 0 Å². The van der Waals surface area contributed by atoms with Gasteiger partial charge in [0.25, 0.3) is 11.8 Å². The molecule has 2 saturated heterocycles. The van der Waals surface area contributed by atoms with Crippen molar-refractivity contribution < 1.29 is 19.2 Å². The quantitative estimate of drug-likeness (QED) is 0.422. The Morgan fingerprint density at radius 3 is 2.71 bits per heavy atom. The maximum Gasteiger partial charge on any atom is 0.262 e. The molecule has 0 saturated carbocycles. The molecule has 31 heavy (non-hydrogen) atoms. The highest BCUT2D eigenvalue weighted by Gasteiger charge is 2.45. The highest BCUT2D eigenvalue weighted by atomic mass is 16.2. The van der Waals surface area contributed by atoms with Crippen molar-refractivity contribution in [2.24, 2.45) is 0 Å². The number of amides is 4. The topological polar surface area (TPSA) is 162 Å². The standard InChI is InChI=1S/C19H20N8O4/c28-14-4-3-13(15(29)22-14)27-16(30)11-2-1-10(7-12(11)17(27)31)8-21-19(5-6-20-9-19)18-23-25-26-24-18/h1-2,7,13,20-21H,3-6,8-9H2,(H,22,28,29)(H,23,24,25,26). The maximum absolute atomic E-state index is 13.0. The molecule has 2 aromatic rings. The minimum atomic E-state index is -0.974. The van der Waals surface area contributed by atoms with Crippen molar-refractivity contribution in [2.75, 3.05) is 13.1 Å². The number of tetrazole rings is 1. The molecule has 4 N–H and O–H groups in total. The van der Waals surface area contributed by atoms with Gasteiger partial charge in [0.1, 0.15) is 6.04 Å². The summed E-state index contributed by atoms with van der Waals surface area (Å²) in [6.45, 7) is 1.86. The Hall–Kier alpha value is -3.51. The van der Waals surface area contributed by atoms with E-state index < -0.39 is 35.2 Å². The number of nitrogens with one attached hydrogen (secondary N) is 4. The molecule has 4 heterocycles. The minimum Gasteiger partial charge on any atom is -0.314 e. The molecule has 1 aromatic carbocycles. The fourth-order valence-corrected chi connectivity index (χ4v) is 4.38. The summed E-state index contributed by atoms with van der Waals surface area (Å²) in [7, 11) is 0. The zero-order valence-electron chi connectivity index (χ0n) is 16.5. The number of imide groups is 2. The molecule has 1 aromatic heterocycles. The summed E-state index contributed by atoms with van der Waals surface area (Å²) >= 11 is 0. The lowest BCUT2D eigenvalue weighted by molar-refractivity contribution is -0.136. The Labute approximate surface area is 176 Å². The van der Waals surface area contributed by atoms with E-state index in [1.807, 2.05) is 0 Å². The van der Waals surface area contributed by atoms with Crippen LogP contribution < -0.4 is 16.0 Å². The van der Waals surface area contributed by atoms with Gasteiger partial charge in [0.05, 0.1) is 16.7 Å². The number of piperidine rings is 1. The van der Waals surface area contributed by atoms with Crippen LogP contribution in [0.25, 0.3) is 0 Å². The summed E-state index contributed by atoms with van der Waals surface area (Å²) in [4.78, 5) is 50.3. The van der Waals surface area contributed by atoms with Crippen LogP contribution in [0.4, 0.5) is 0 Å². The summed E-state index contributed by atoms with van der Waals surface area (Å²) in [6, 6.07) is 4.07. The molecule has 2 atom stereocenters. The third-order valence-corrected chi connectivity index (χ3v) is 6.06. The molecular formula is C19H20N8O4. The summed E-state index contributed by atoms with van der Waals surface area (Å²) in [5, 5.41) is 23.3. The van der Waals surface area contributed by atoms with E-state index in [1.54, 1.807) is 18.2 Å². The number of carbonyl (C=O) groups is 4. The first-order chi connectivity index (χ1) is 15.0. The zero-order chi connectivity index (χ0) is 21.6. The van der Waals surface area contributed by atoms with Crippen LogP contribution in [0.2, 0.25) is 0 Å². The van der Waals surface area contributed by atoms with Crippen molar-refractivity contribution in [1.29, 1.82) is 0 Å². The van der Waals surface area contributed by atoms with Crippen molar-refractivity contribution in [2.45, 2.75) is 37.4 Å². The monoisotopic (exact) mass is 424 g/mol. The number of carbonyl (C=O) groups excluding carboxylic acids is 4. The Bertz CT molecular complexity index is 1080. The summed E-state index contributed by atoms with van der Waals surface area (Å²) < 4.78 is 0. The van der Waals surface area contributed by atoms with Gasteiger partial charge in [0.15, 0.2) is 5.82 Å². The molecule has 0 aliphatic carbocycles. The first kappa shape index (κ1) is 19.5. The number of nitrogens with zero attached hydrogens (tertiary/aromatic N) is 4. The van der Waals surface area contributed by atoms with Gasteiger partial charge in [-0.25, -0.2) is 0 Å². The average Bonchev–Trinajstić information content (AvgIpc) is 3.50. The normalized spacial score (nSPS) is 25.8. The third kappa shape index (κ3) is 3.20. The van der Waals surface area contributed by atoms with Crippen LogP contribution in [-0.2, 0) is 21.7 Å². The lowest BCUT2D eigenvalue weighted by Gasteiger charge is -2.27. The molecule has 3 aliphatic rings. The van der Waals surface area contributed by atoms with Crippen LogP contribution in [-0.4, -0.2) is 68.3 Å². The number of fused-ring (bicyclic) bond motifs is 1. The lowest BCUT2D eigenvalue weighted by atomic mass is 9.96. The first-order valence-electron chi connectivity index (χ1n) is 10.0. The molecule has 12 nitrogen and oxygen atoms in total. The van der Waals surface area contributed by atoms with Crippen LogP contribution in [0.15, 0.2) is 18.2 Å². The van der Waals surface area contributed by atoms with Crippen LogP contribution in [0.3, 0.4) is 0 Å². The number of benzene rings is 1. The lowest BCUT2D eigenvalue weighted by Crippen LogP contribution is -2.54. The van der Waals surface area contributed by atoms with E-state index in [4.69, 9.17) is 0 Å². The molecule has 12 heteroatoms. The highest BCUT2D eigenvalue weighted by Crippen LogP contribution is 2.29. The number of hydrogen-bond donors (Lipinski definition) is 4. The minimum absolute atomic E-state index is 0.0885. The van der Waals surface area contributed by atoms with Gasteiger partial charge in [0.2, 0.25) is 11.8 Å². The van der Waals surface area contributed by atoms with Gasteiger partial charge in [-0.05, 0) is 37.1 Å². The van der Waals surface area contributed by atoms with Crippen molar-refractivity contribution in [3.05, 3.63) is 40.7 Å². The SMILES string of the molecule is O=C1CCC(N2C(=O)c3ccc(CNC4(c5nn[nH]n5)CCNC4)cc3C2=O)C(=O)N1. The number of hydrogen-bond acceptors (Lipinski definition) is 9. The maximum atomic E-state index is 13.0. The Morgan fingerprint density at radius 1 is 1.16 bits per heavy atom. The largest absolute Gasteiger partial charge is 0.314 e. The van der Waals surface area contributed by atoms with Crippen molar-refractivity contribution >= 4 is 23.6 Å². The number of rotatable bonds is 5. The van der Waals surface area contributed by atoms with E-state index in [0.717, 1.165) is 23.4 Å². The van der Waals surface area contributed by atoms with E-state index in [1.165, 1.54) is 0 Å². The second kappa shape index (κ2) is 7.32. The smallest absolute Gasteiger partial charge is 0.262 e. The summed E-state index contributed by atoms with van der Waals surface area (Å²) in [6.07, 6.45) is 0.994. The van der Waals surface area contributed by atoms with Crippen LogP contribution >= 0.6 is 0 Å². The molecule has 5 rings (SSSR count). The molecule has 2 unspecified atom stereocenters. The molecule has 160 valence electrons. The van der Waals surface area contributed by atoms with Gasteiger partial charge >= 0.3 is 0 Å². The van der Waals surface area contributed by atoms with Gasteiger partial charge in [-0.2, -0.15) is 5.21 Å². The molecule has 0 bridgehead atoms. The van der Waals surface area contributed by atoms with Gasteiger partial charge in [-0.3, -0.25) is 34.7 Å². The number of aromatic amines is 1. The molecule has 3 aliphatic heterocycles. The van der Waals surface area contributed by atoms with E-state index in [0.29, 0.717) is 18.9 Å². The predicted molar refractivity (Wildman–Crippen MR) is 103 cm³/mol. The van der Waals surface area contributed by atoms with Crippen LogP contribution in [0.1, 0.15) is 51.4 Å². The van der Waals surface area contributed by atoms with Crippen LogP contribution in [0, 0.1) is 0 Å². The molecule has 2 fully saturated rings. The second-order valence-corrected chi connectivity index (χ2v) is 7.92. The predicted octanol–water partition coefficient (Wildman–Crippen LogP) is -1.42. The summed E-state index contributed by atoms with van der Waals surface area (Å²) in [5.74, 6) is -1.50. The number of aromatic nitrogens is 4. The van der Waals surface area contributed by atoms with Crippen molar-refractivity contribution in [1.82, 2.24) is 41.5 Å². The Morgan fingerprint density at radius 2 is 2.00 bits per heavy atom.